The third-order valence-electron chi connectivity index (χ3n) is 4.21. The smallest absolute Gasteiger partial charge is 0.229 e. The van der Waals surface area contributed by atoms with Gasteiger partial charge in [-0.05, 0) is 24.6 Å². The minimum Gasteiger partial charge on any atom is -0.338 e. The van der Waals surface area contributed by atoms with Crippen LogP contribution < -0.4 is 5.32 Å². The van der Waals surface area contributed by atoms with Crippen LogP contribution in [0.2, 0.25) is 0 Å². The molecular weight excluding hydrogens is 307 g/mol. The Kier molecular flexibility index (Phi) is 4.60. The number of halogens is 1. The van der Waals surface area contributed by atoms with Gasteiger partial charge < -0.3 is 10.2 Å². The summed E-state index contributed by atoms with van der Waals surface area (Å²) in [7, 11) is 0. The van der Waals surface area contributed by atoms with E-state index < -0.39 is 11.7 Å². The zero-order valence-corrected chi connectivity index (χ0v) is 13.5. The van der Waals surface area contributed by atoms with Gasteiger partial charge in [-0.25, -0.2) is 4.39 Å². The summed E-state index contributed by atoms with van der Waals surface area (Å²) in [5.41, 5.74) is 2.34. The minimum absolute atomic E-state index is 0.0516. The van der Waals surface area contributed by atoms with Crippen molar-refractivity contribution >= 4 is 17.5 Å². The van der Waals surface area contributed by atoms with Crippen molar-refractivity contribution in [3.63, 3.8) is 0 Å². The highest BCUT2D eigenvalue weighted by Gasteiger charge is 2.34. The maximum atomic E-state index is 13.6. The number of hydrogen-bond acceptors (Lipinski definition) is 2. The van der Waals surface area contributed by atoms with Crippen molar-refractivity contribution < 1.29 is 14.0 Å². The van der Waals surface area contributed by atoms with E-state index in [1.807, 2.05) is 31.2 Å². The quantitative estimate of drug-likeness (QED) is 0.938. The van der Waals surface area contributed by atoms with Crippen LogP contribution in [0.25, 0.3) is 0 Å². The van der Waals surface area contributed by atoms with Crippen LogP contribution in [0.1, 0.15) is 17.5 Å². The number of amides is 2. The largest absolute Gasteiger partial charge is 0.338 e. The fourth-order valence-corrected chi connectivity index (χ4v) is 2.81. The highest BCUT2D eigenvalue weighted by atomic mass is 19.1. The fraction of sp³-hybridized carbons (Fsp3) is 0.263. The van der Waals surface area contributed by atoms with Gasteiger partial charge in [0.2, 0.25) is 11.8 Å². The van der Waals surface area contributed by atoms with Crippen LogP contribution in [0.5, 0.6) is 0 Å². The van der Waals surface area contributed by atoms with Crippen LogP contribution in [0.3, 0.4) is 0 Å². The van der Waals surface area contributed by atoms with Crippen molar-refractivity contribution in [1.29, 1.82) is 0 Å². The van der Waals surface area contributed by atoms with Crippen LogP contribution in [0, 0.1) is 18.7 Å². The van der Waals surface area contributed by atoms with Crippen molar-refractivity contribution in [3.05, 3.63) is 65.5 Å². The van der Waals surface area contributed by atoms with Crippen LogP contribution in [0.15, 0.2) is 48.5 Å². The lowest BCUT2D eigenvalue weighted by atomic mass is 10.1. The zero-order chi connectivity index (χ0) is 17.1. The Morgan fingerprint density at radius 1 is 1.21 bits per heavy atom. The molecule has 2 amide bonds. The van der Waals surface area contributed by atoms with E-state index in [2.05, 4.69) is 5.32 Å². The van der Waals surface area contributed by atoms with E-state index in [1.165, 1.54) is 12.1 Å². The fourth-order valence-electron chi connectivity index (χ4n) is 2.81. The third kappa shape index (κ3) is 3.62. The molecule has 0 bridgehead atoms. The van der Waals surface area contributed by atoms with E-state index in [4.69, 9.17) is 0 Å². The normalized spacial score (nSPS) is 17.2. The number of benzene rings is 2. The molecule has 124 valence electrons. The van der Waals surface area contributed by atoms with Crippen molar-refractivity contribution in [1.82, 2.24) is 4.90 Å². The van der Waals surface area contributed by atoms with Crippen LogP contribution in [-0.4, -0.2) is 23.3 Å². The van der Waals surface area contributed by atoms with Crippen molar-refractivity contribution in [2.75, 3.05) is 11.9 Å². The lowest BCUT2D eigenvalue weighted by Crippen LogP contribution is -2.28. The van der Waals surface area contributed by atoms with Gasteiger partial charge in [-0.15, -0.1) is 0 Å². The van der Waals surface area contributed by atoms with Crippen LogP contribution in [0.4, 0.5) is 10.1 Å². The maximum Gasteiger partial charge on any atom is 0.229 e. The molecule has 1 atom stereocenters. The summed E-state index contributed by atoms with van der Waals surface area (Å²) < 4.78 is 13.6. The van der Waals surface area contributed by atoms with E-state index in [9.17, 15) is 14.0 Å². The molecule has 0 spiro atoms. The number of nitrogens with zero attached hydrogens (tertiary/aromatic N) is 1. The molecular formula is C19H19FN2O2. The molecule has 5 heteroatoms. The Balaban J connectivity index is 1.62. The van der Waals surface area contributed by atoms with Gasteiger partial charge in [0.1, 0.15) is 5.82 Å². The van der Waals surface area contributed by atoms with Crippen LogP contribution >= 0.6 is 0 Å². The number of rotatable bonds is 4. The van der Waals surface area contributed by atoms with E-state index >= 15 is 0 Å². The summed E-state index contributed by atoms with van der Waals surface area (Å²) >= 11 is 0. The summed E-state index contributed by atoms with van der Waals surface area (Å²) in [5.74, 6) is -1.31. The molecule has 1 aliphatic rings. The van der Waals surface area contributed by atoms with Crippen molar-refractivity contribution in [3.8, 4) is 0 Å². The first-order chi connectivity index (χ1) is 11.5. The first-order valence-electron chi connectivity index (χ1n) is 7.91. The molecule has 0 aliphatic carbocycles. The Morgan fingerprint density at radius 3 is 2.62 bits per heavy atom. The summed E-state index contributed by atoms with van der Waals surface area (Å²) in [4.78, 5) is 26.1. The predicted molar refractivity (Wildman–Crippen MR) is 89.7 cm³/mol. The minimum atomic E-state index is -0.480. The molecule has 4 nitrogen and oxygen atoms in total. The van der Waals surface area contributed by atoms with E-state index in [0.717, 1.165) is 11.1 Å². The molecule has 0 saturated carbocycles. The highest BCUT2D eigenvalue weighted by molar-refractivity contribution is 5.97. The monoisotopic (exact) mass is 326 g/mol. The molecule has 0 radical (unpaired) electrons. The SMILES string of the molecule is Cc1ccc(CN2C[C@H](C(=O)Nc3ccccc3F)CC2=O)cc1. The number of carbonyl (C=O) groups excluding carboxylic acids is 2. The second-order valence-corrected chi connectivity index (χ2v) is 6.13. The second kappa shape index (κ2) is 6.83. The van der Waals surface area contributed by atoms with Gasteiger partial charge >= 0.3 is 0 Å². The molecule has 1 N–H and O–H groups in total. The average molecular weight is 326 g/mol. The Hall–Kier alpha value is -2.69. The number of aryl methyl sites for hydroxylation is 1. The Morgan fingerprint density at radius 2 is 1.92 bits per heavy atom. The standard InChI is InChI=1S/C19H19FN2O2/c1-13-6-8-14(9-7-13)11-22-12-15(10-18(22)23)19(24)21-17-5-3-2-4-16(17)20/h2-9,15H,10-12H2,1H3,(H,21,24)/t15-/m1/s1. The van der Waals surface area contributed by atoms with Crippen LogP contribution in [-0.2, 0) is 16.1 Å². The molecule has 2 aromatic rings. The van der Waals surface area contributed by atoms with Gasteiger partial charge in [-0.2, -0.15) is 0 Å². The summed E-state index contributed by atoms with van der Waals surface area (Å²) in [6.45, 7) is 2.85. The topological polar surface area (TPSA) is 49.4 Å². The molecule has 3 rings (SSSR count). The Labute approximate surface area is 140 Å². The Bertz CT molecular complexity index is 758. The molecule has 0 aromatic heterocycles. The number of anilines is 1. The first-order valence-corrected chi connectivity index (χ1v) is 7.91. The number of para-hydroxylation sites is 1. The lowest BCUT2D eigenvalue weighted by Gasteiger charge is -2.17. The molecule has 1 aliphatic heterocycles. The lowest BCUT2D eigenvalue weighted by molar-refractivity contribution is -0.128. The number of carbonyl (C=O) groups is 2. The molecule has 1 fully saturated rings. The predicted octanol–water partition coefficient (Wildman–Crippen LogP) is 3.12. The molecule has 0 unspecified atom stereocenters. The summed E-state index contributed by atoms with van der Waals surface area (Å²) in [6.07, 6.45) is 0.159. The van der Waals surface area contributed by atoms with Gasteiger partial charge in [0.15, 0.2) is 0 Å². The van der Waals surface area contributed by atoms with Gasteiger partial charge in [-0.3, -0.25) is 9.59 Å². The average Bonchev–Trinajstić information content (AvgIpc) is 2.93. The molecule has 1 heterocycles. The second-order valence-electron chi connectivity index (χ2n) is 6.13. The van der Waals surface area contributed by atoms with Gasteiger partial charge in [-0.1, -0.05) is 42.0 Å². The van der Waals surface area contributed by atoms with Gasteiger partial charge in [0.05, 0.1) is 11.6 Å². The number of hydrogen-bond donors (Lipinski definition) is 1. The number of likely N-dealkylation sites (tertiary alicyclic amines) is 1. The number of nitrogens with one attached hydrogen (secondary N) is 1. The third-order valence-corrected chi connectivity index (χ3v) is 4.21. The highest BCUT2D eigenvalue weighted by Crippen LogP contribution is 2.23. The van der Waals surface area contributed by atoms with E-state index in [-0.39, 0.29) is 23.9 Å². The molecule has 2 aromatic carbocycles. The van der Waals surface area contributed by atoms with E-state index in [0.29, 0.717) is 13.1 Å². The molecule has 1 saturated heterocycles. The first kappa shape index (κ1) is 16.2. The molecule has 24 heavy (non-hydrogen) atoms. The van der Waals surface area contributed by atoms with Gasteiger partial charge in [0, 0.05) is 19.5 Å². The zero-order valence-electron chi connectivity index (χ0n) is 13.5. The van der Waals surface area contributed by atoms with Gasteiger partial charge in [0.25, 0.3) is 0 Å². The van der Waals surface area contributed by atoms with Crippen molar-refractivity contribution in [2.24, 2.45) is 5.92 Å². The van der Waals surface area contributed by atoms with E-state index in [1.54, 1.807) is 17.0 Å². The van der Waals surface area contributed by atoms with Crippen molar-refractivity contribution in [2.45, 2.75) is 19.9 Å². The summed E-state index contributed by atoms with van der Waals surface area (Å²) in [5, 5.41) is 2.57. The maximum absolute atomic E-state index is 13.6. The summed E-state index contributed by atoms with van der Waals surface area (Å²) in [6, 6.07) is 14.0.